The lowest BCUT2D eigenvalue weighted by Gasteiger charge is -2.62. The van der Waals surface area contributed by atoms with Crippen molar-refractivity contribution in [1.29, 1.82) is 0 Å². The molecular weight excluding hydrogens is 392 g/mol. The van der Waals surface area contributed by atoms with Crippen molar-refractivity contribution in [3.8, 4) is 0 Å². The second-order valence-corrected chi connectivity index (χ2v) is 14.0. The van der Waals surface area contributed by atoms with Crippen molar-refractivity contribution in [3.05, 3.63) is 23.3 Å². The number of hydrogen-bond acceptors (Lipinski definition) is 2. The molecule has 0 aromatic heterocycles. The molecule has 2 heteroatoms. The Hall–Kier alpha value is -0.600. The van der Waals surface area contributed by atoms with Crippen LogP contribution >= 0.6 is 0 Å². The average Bonchev–Trinajstić information content (AvgIpc) is 2.96. The zero-order valence-electron chi connectivity index (χ0n) is 22.2. The quantitative estimate of drug-likeness (QED) is 0.444. The van der Waals surface area contributed by atoms with Gasteiger partial charge in [0.25, 0.3) is 0 Å². The molecule has 2 fully saturated rings. The van der Waals surface area contributed by atoms with E-state index in [0.29, 0.717) is 22.7 Å². The van der Waals surface area contributed by atoms with Gasteiger partial charge in [0.2, 0.25) is 0 Å². The number of fused-ring (bicyclic) bond motifs is 4. The lowest BCUT2D eigenvalue weighted by Crippen LogP contribution is -2.55. The Morgan fingerprint density at radius 2 is 1.66 bits per heavy atom. The van der Waals surface area contributed by atoms with Gasteiger partial charge in [-0.2, -0.15) is 0 Å². The lowest BCUT2D eigenvalue weighted by atomic mass is 9.43. The van der Waals surface area contributed by atoms with Gasteiger partial charge in [-0.3, -0.25) is 0 Å². The molecule has 0 saturated heterocycles. The van der Waals surface area contributed by atoms with Crippen LogP contribution in [0, 0.1) is 39.4 Å². The molecule has 0 amide bonds. The van der Waals surface area contributed by atoms with Crippen LogP contribution in [0.4, 0.5) is 0 Å². The van der Waals surface area contributed by atoms with Crippen LogP contribution in [-0.4, -0.2) is 21.9 Å². The largest absolute Gasteiger partial charge is 0.393 e. The van der Waals surface area contributed by atoms with Crippen molar-refractivity contribution in [2.75, 3.05) is 0 Å². The van der Waals surface area contributed by atoms with Gasteiger partial charge >= 0.3 is 0 Å². The minimum absolute atomic E-state index is 0.0206. The fourth-order valence-corrected chi connectivity index (χ4v) is 9.36. The summed E-state index contributed by atoms with van der Waals surface area (Å²) in [4.78, 5) is 0. The van der Waals surface area contributed by atoms with E-state index in [-0.39, 0.29) is 16.9 Å². The molecule has 4 aliphatic carbocycles. The predicted molar refractivity (Wildman–Crippen MR) is 134 cm³/mol. The van der Waals surface area contributed by atoms with Gasteiger partial charge in [0.1, 0.15) is 0 Å². The van der Waals surface area contributed by atoms with Crippen LogP contribution in [-0.2, 0) is 0 Å². The summed E-state index contributed by atoms with van der Waals surface area (Å²) in [5.74, 6) is 2.01. The molecule has 2 saturated carbocycles. The van der Waals surface area contributed by atoms with E-state index < -0.39 is 5.60 Å². The first-order chi connectivity index (χ1) is 14.7. The highest BCUT2D eigenvalue weighted by Crippen LogP contribution is 2.72. The molecule has 0 aromatic carbocycles. The average molecular weight is 443 g/mol. The van der Waals surface area contributed by atoms with Crippen LogP contribution in [0.25, 0.3) is 0 Å². The normalized spacial score (nSPS) is 44.9. The lowest BCUT2D eigenvalue weighted by molar-refractivity contribution is -0.0961. The Kier molecular flexibility index (Phi) is 5.90. The molecule has 32 heavy (non-hydrogen) atoms. The van der Waals surface area contributed by atoms with E-state index in [9.17, 15) is 10.2 Å². The third kappa shape index (κ3) is 3.49. The van der Waals surface area contributed by atoms with E-state index in [1.54, 1.807) is 0 Å². The zero-order chi connectivity index (χ0) is 23.7. The molecule has 0 aromatic rings. The molecule has 0 bridgehead atoms. The highest BCUT2D eigenvalue weighted by atomic mass is 16.3. The fraction of sp³-hybridized carbons (Fsp3) is 0.867. The molecule has 182 valence electrons. The SMILES string of the molecule is CC(CC=CC(C)(C)O)C1CCC2(C)C3=C(CCC12C)C1(C)CCC(O)C(C)(C)C1CC3. The summed E-state index contributed by atoms with van der Waals surface area (Å²) < 4.78 is 0. The Morgan fingerprint density at radius 3 is 2.31 bits per heavy atom. The first kappa shape index (κ1) is 24.5. The van der Waals surface area contributed by atoms with E-state index in [4.69, 9.17) is 0 Å². The van der Waals surface area contributed by atoms with Crippen LogP contribution < -0.4 is 0 Å². The minimum Gasteiger partial charge on any atom is -0.393 e. The van der Waals surface area contributed by atoms with Crippen LogP contribution in [0.2, 0.25) is 0 Å². The first-order valence-electron chi connectivity index (χ1n) is 13.5. The maximum Gasteiger partial charge on any atom is 0.0771 e. The number of rotatable bonds is 4. The Balaban J connectivity index is 1.64. The van der Waals surface area contributed by atoms with Gasteiger partial charge in [0, 0.05) is 0 Å². The van der Waals surface area contributed by atoms with Gasteiger partial charge in [-0.05, 0) is 111 Å². The molecular formula is C30H50O2. The third-order valence-corrected chi connectivity index (χ3v) is 11.5. The number of allylic oxidation sites excluding steroid dienone is 3. The second-order valence-electron chi connectivity index (χ2n) is 14.0. The van der Waals surface area contributed by atoms with E-state index in [0.717, 1.165) is 25.2 Å². The molecule has 4 aliphatic rings. The zero-order valence-corrected chi connectivity index (χ0v) is 22.2. The monoisotopic (exact) mass is 442 g/mol. The van der Waals surface area contributed by atoms with Crippen molar-refractivity contribution in [3.63, 3.8) is 0 Å². The van der Waals surface area contributed by atoms with Crippen LogP contribution in [0.3, 0.4) is 0 Å². The Bertz CT molecular complexity index is 798. The number of hydrogen-bond donors (Lipinski definition) is 2. The van der Waals surface area contributed by atoms with Crippen molar-refractivity contribution in [1.82, 2.24) is 0 Å². The van der Waals surface area contributed by atoms with Crippen molar-refractivity contribution in [2.24, 2.45) is 39.4 Å². The summed E-state index contributed by atoms with van der Waals surface area (Å²) in [7, 11) is 0. The Morgan fingerprint density at radius 1 is 0.969 bits per heavy atom. The van der Waals surface area contributed by atoms with Gasteiger partial charge in [-0.1, -0.05) is 64.8 Å². The van der Waals surface area contributed by atoms with Crippen molar-refractivity contribution >= 4 is 0 Å². The number of aliphatic hydroxyl groups excluding tert-OH is 1. The van der Waals surface area contributed by atoms with E-state index in [1.165, 1.54) is 38.5 Å². The predicted octanol–water partition coefficient (Wildman–Crippen LogP) is 7.45. The summed E-state index contributed by atoms with van der Waals surface area (Å²) in [6.45, 7) is 18.6. The smallest absolute Gasteiger partial charge is 0.0771 e. The summed E-state index contributed by atoms with van der Waals surface area (Å²) in [5.41, 5.74) is 3.93. The molecule has 2 N–H and O–H groups in total. The highest BCUT2D eigenvalue weighted by Gasteiger charge is 2.63. The molecule has 0 radical (unpaired) electrons. The maximum absolute atomic E-state index is 10.8. The maximum atomic E-state index is 10.8. The minimum atomic E-state index is -0.714. The second kappa shape index (κ2) is 7.70. The van der Waals surface area contributed by atoms with E-state index >= 15 is 0 Å². The van der Waals surface area contributed by atoms with Crippen LogP contribution in [0.5, 0.6) is 0 Å². The van der Waals surface area contributed by atoms with E-state index in [2.05, 4.69) is 47.6 Å². The topological polar surface area (TPSA) is 40.5 Å². The van der Waals surface area contributed by atoms with Gasteiger partial charge < -0.3 is 10.2 Å². The van der Waals surface area contributed by atoms with Crippen molar-refractivity contribution in [2.45, 2.75) is 125 Å². The van der Waals surface area contributed by atoms with Gasteiger partial charge in [0.15, 0.2) is 0 Å². The molecule has 2 nitrogen and oxygen atoms in total. The molecule has 0 spiro atoms. The fourth-order valence-electron chi connectivity index (χ4n) is 9.36. The first-order valence-corrected chi connectivity index (χ1v) is 13.5. The van der Waals surface area contributed by atoms with Crippen LogP contribution in [0.1, 0.15) is 113 Å². The molecule has 7 atom stereocenters. The van der Waals surface area contributed by atoms with Crippen LogP contribution in [0.15, 0.2) is 23.3 Å². The van der Waals surface area contributed by atoms with E-state index in [1.807, 2.05) is 31.1 Å². The van der Waals surface area contributed by atoms with Gasteiger partial charge in [-0.25, -0.2) is 0 Å². The molecule has 0 aliphatic heterocycles. The van der Waals surface area contributed by atoms with Gasteiger partial charge in [-0.15, -0.1) is 0 Å². The standard InChI is InChI=1S/C30H50O2/c1-20(10-9-16-26(2,3)32)21-13-18-30(8)23-11-12-24-27(4,5)25(31)15-17-28(24,6)22(23)14-19-29(21,30)7/h9,16,20-21,24-25,31-32H,10-15,17-19H2,1-8H3. The summed E-state index contributed by atoms with van der Waals surface area (Å²) in [5, 5.41) is 20.9. The third-order valence-electron chi connectivity index (χ3n) is 11.5. The molecule has 0 heterocycles. The number of aliphatic hydroxyl groups is 2. The summed E-state index contributed by atoms with van der Waals surface area (Å²) in [6, 6.07) is 0. The summed E-state index contributed by atoms with van der Waals surface area (Å²) in [6.07, 6.45) is 15.0. The highest BCUT2D eigenvalue weighted by molar-refractivity contribution is 5.38. The molecule has 4 rings (SSSR count). The Labute approximate surface area is 198 Å². The molecule has 7 unspecified atom stereocenters. The summed E-state index contributed by atoms with van der Waals surface area (Å²) >= 11 is 0. The van der Waals surface area contributed by atoms with Crippen molar-refractivity contribution < 1.29 is 10.2 Å². The van der Waals surface area contributed by atoms with Gasteiger partial charge in [0.05, 0.1) is 11.7 Å².